The molecule has 0 aromatic carbocycles. The van der Waals surface area contributed by atoms with Crippen molar-refractivity contribution >= 4 is 0 Å². The fourth-order valence-corrected chi connectivity index (χ4v) is 2.89. The van der Waals surface area contributed by atoms with Gasteiger partial charge in [-0.1, -0.05) is 6.42 Å². The van der Waals surface area contributed by atoms with Crippen molar-refractivity contribution in [1.82, 2.24) is 4.90 Å². The first kappa shape index (κ1) is 15.2. The highest BCUT2D eigenvalue weighted by atomic mass is 16.5. The van der Waals surface area contributed by atoms with Crippen molar-refractivity contribution in [3.05, 3.63) is 0 Å². The lowest BCUT2D eigenvalue weighted by Gasteiger charge is -2.41. The summed E-state index contributed by atoms with van der Waals surface area (Å²) in [6.45, 7) is 7.21. The first-order valence-corrected chi connectivity index (χ1v) is 7.80. The molecule has 2 fully saturated rings. The number of hydrogen-bond acceptors (Lipinski definition) is 4. The Bertz CT molecular complexity index is 250. The molecule has 1 saturated carbocycles. The Balaban J connectivity index is 1.67. The predicted molar refractivity (Wildman–Crippen MR) is 75.3 cm³/mol. The highest BCUT2D eigenvalue weighted by molar-refractivity contribution is 4.83. The third-order valence-electron chi connectivity index (χ3n) is 4.32. The minimum atomic E-state index is -0.370. The molecule has 4 nitrogen and oxygen atoms in total. The minimum Gasteiger partial charge on any atom is -0.389 e. The van der Waals surface area contributed by atoms with E-state index in [-0.39, 0.29) is 12.2 Å². The average molecular weight is 271 g/mol. The quantitative estimate of drug-likeness (QED) is 0.767. The van der Waals surface area contributed by atoms with Crippen LogP contribution in [0.2, 0.25) is 0 Å². The fraction of sp³-hybridized carbons (Fsp3) is 1.00. The molecule has 0 amide bonds. The van der Waals surface area contributed by atoms with Gasteiger partial charge in [-0.15, -0.1) is 0 Å². The van der Waals surface area contributed by atoms with Crippen molar-refractivity contribution in [2.45, 2.75) is 70.2 Å². The maximum absolute atomic E-state index is 10.2. The average Bonchev–Trinajstić information content (AvgIpc) is 2.34. The fourth-order valence-electron chi connectivity index (χ4n) is 2.89. The molecule has 1 atom stereocenters. The van der Waals surface area contributed by atoms with Crippen molar-refractivity contribution in [3.63, 3.8) is 0 Å². The predicted octanol–water partition coefficient (Wildman–Crippen LogP) is 1.81. The maximum atomic E-state index is 10.2. The molecule has 19 heavy (non-hydrogen) atoms. The second kappa shape index (κ2) is 7.58. The van der Waals surface area contributed by atoms with Crippen molar-refractivity contribution in [3.8, 4) is 0 Å². The maximum Gasteiger partial charge on any atom is 0.0900 e. The Hall–Kier alpha value is -0.160. The van der Waals surface area contributed by atoms with Crippen LogP contribution in [0.5, 0.6) is 0 Å². The van der Waals surface area contributed by atoms with Crippen LogP contribution in [0, 0.1) is 0 Å². The normalized spacial score (nSPS) is 23.8. The van der Waals surface area contributed by atoms with Gasteiger partial charge in [0.05, 0.1) is 18.8 Å². The second-order valence-electron chi connectivity index (χ2n) is 6.17. The SMILES string of the molecule is CC(C)N(CC(O)COC1CCOCC1)C1CCC1. The van der Waals surface area contributed by atoms with E-state index in [4.69, 9.17) is 9.47 Å². The van der Waals surface area contributed by atoms with E-state index in [1.54, 1.807) is 0 Å². The Labute approximate surface area is 117 Å². The number of nitrogens with zero attached hydrogens (tertiary/aromatic N) is 1. The van der Waals surface area contributed by atoms with Gasteiger partial charge < -0.3 is 14.6 Å². The Morgan fingerprint density at radius 1 is 1.21 bits per heavy atom. The van der Waals surface area contributed by atoms with Crippen LogP contribution in [-0.2, 0) is 9.47 Å². The van der Waals surface area contributed by atoms with E-state index in [1.165, 1.54) is 19.3 Å². The zero-order valence-corrected chi connectivity index (χ0v) is 12.4. The summed E-state index contributed by atoms with van der Waals surface area (Å²) >= 11 is 0. The number of ether oxygens (including phenoxy) is 2. The van der Waals surface area contributed by atoms with Crippen molar-refractivity contribution in [1.29, 1.82) is 0 Å². The molecule has 0 aromatic heterocycles. The van der Waals surface area contributed by atoms with E-state index in [2.05, 4.69) is 18.7 Å². The van der Waals surface area contributed by atoms with Gasteiger partial charge in [0.1, 0.15) is 0 Å². The van der Waals surface area contributed by atoms with E-state index in [0.29, 0.717) is 18.7 Å². The number of aliphatic hydroxyl groups is 1. The molecule has 0 aromatic rings. The molecule has 1 N–H and O–H groups in total. The van der Waals surface area contributed by atoms with E-state index in [1.807, 2.05) is 0 Å². The van der Waals surface area contributed by atoms with Crippen LogP contribution in [0.15, 0.2) is 0 Å². The molecule has 0 bridgehead atoms. The summed E-state index contributed by atoms with van der Waals surface area (Å²) in [4.78, 5) is 2.43. The lowest BCUT2D eigenvalue weighted by Crippen LogP contribution is -2.48. The van der Waals surface area contributed by atoms with Gasteiger partial charge in [-0.2, -0.15) is 0 Å². The van der Waals surface area contributed by atoms with Gasteiger partial charge in [-0.05, 0) is 39.5 Å². The van der Waals surface area contributed by atoms with E-state index in [9.17, 15) is 5.11 Å². The molecule has 1 saturated heterocycles. The molecule has 2 aliphatic rings. The van der Waals surface area contributed by atoms with Crippen LogP contribution in [0.25, 0.3) is 0 Å². The first-order valence-electron chi connectivity index (χ1n) is 7.80. The number of aliphatic hydroxyl groups excluding tert-OH is 1. The minimum absolute atomic E-state index is 0.277. The van der Waals surface area contributed by atoms with Crippen LogP contribution in [0.1, 0.15) is 46.0 Å². The van der Waals surface area contributed by atoms with Crippen LogP contribution in [0.4, 0.5) is 0 Å². The van der Waals surface area contributed by atoms with Gasteiger partial charge in [-0.25, -0.2) is 0 Å². The lowest BCUT2D eigenvalue weighted by molar-refractivity contribution is -0.0703. The molecule has 2 rings (SSSR count). The number of hydrogen-bond donors (Lipinski definition) is 1. The Morgan fingerprint density at radius 2 is 1.89 bits per heavy atom. The first-order chi connectivity index (χ1) is 9.16. The molecule has 0 spiro atoms. The highest BCUT2D eigenvalue weighted by Gasteiger charge is 2.28. The summed E-state index contributed by atoms with van der Waals surface area (Å²) in [6, 6.07) is 1.18. The highest BCUT2D eigenvalue weighted by Crippen LogP contribution is 2.26. The van der Waals surface area contributed by atoms with Crippen LogP contribution in [0.3, 0.4) is 0 Å². The zero-order chi connectivity index (χ0) is 13.7. The van der Waals surface area contributed by atoms with Gasteiger partial charge in [0.2, 0.25) is 0 Å². The van der Waals surface area contributed by atoms with Gasteiger partial charge in [0.25, 0.3) is 0 Å². The molecule has 1 aliphatic carbocycles. The van der Waals surface area contributed by atoms with E-state index >= 15 is 0 Å². The summed E-state index contributed by atoms with van der Waals surface area (Å²) in [7, 11) is 0. The van der Waals surface area contributed by atoms with Crippen molar-refractivity contribution in [2.75, 3.05) is 26.4 Å². The monoisotopic (exact) mass is 271 g/mol. The topological polar surface area (TPSA) is 41.9 Å². The smallest absolute Gasteiger partial charge is 0.0900 e. The van der Waals surface area contributed by atoms with Crippen LogP contribution >= 0.6 is 0 Å². The summed E-state index contributed by atoms with van der Waals surface area (Å²) < 4.78 is 11.1. The standard InChI is InChI=1S/C15H29NO3/c1-12(2)16(13-4-3-5-13)10-14(17)11-19-15-6-8-18-9-7-15/h12-15,17H,3-11H2,1-2H3. The number of rotatable bonds is 7. The van der Waals surface area contributed by atoms with Crippen molar-refractivity contribution < 1.29 is 14.6 Å². The third kappa shape index (κ3) is 4.71. The largest absolute Gasteiger partial charge is 0.389 e. The van der Waals surface area contributed by atoms with Crippen molar-refractivity contribution in [2.24, 2.45) is 0 Å². The lowest BCUT2D eigenvalue weighted by atomic mass is 9.90. The molecular weight excluding hydrogens is 242 g/mol. The Kier molecular flexibility index (Phi) is 6.07. The molecule has 1 aliphatic heterocycles. The molecule has 0 radical (unpaired) electrons. The molecule has 1 heterocycles. The molecular formula is C15H29NO3. The summed E-state index contributed by atoms with van der Waals surface area (Å²) in [6.07, 6.45) is 5.73. The van der Waals surface area contributed by atoms with E-state index < -0.39 is 0 Å². The Morgan fingerprint density at radius 3 is 2.42 bits per heavy atom. The second-order valence-corrected chi connectivity index (χ2v) is 6.17. The van der Waals surface area contributed by atoms with Crippen LogP contribution < -0.4 is 0 Å². The summed E-state index contributed by atoms with van der Waals surface area (Å²) in [5.74, 6) is 0. The van der Waals surface area contributed by atoms with Gasteiger partial charge in [0, 0.05) is 31.8 Å². The van der Waals surface area contributed by atoms with Gasteiger partial charge in [0.15, 0.2) is 0 Å². The zero-order valence-electron chi connectivity index (χ0n) is 12.4. The molecule has 112 valence electrons. The van der Waals surface area contributed by atoms with Crippen LogP contribution in [-0.4, -0.2) is 60.7 Å². The van der Waals surface area contributed by atoms with Gasteiger partial charge >= 0.3 is 0 Å². The summed E-state index contributed by atoms with van der Waals surface area (Å²) in [5.41, 5.74) is 0. The molecule has 4 heteroatoms. The molecule has 1 unspecified atom stereocenters. The third-order valence-corrected chi connectivity index (χ3v) is 4.32. The van der Waals surface area contributed by atoms with Gasteiger partial charge in [-0.3, -0.25) is 4.90 Å². The van der Waals surface area contributed by atoms with E-state index in [0.717, 1.165) is 32.6 Å². The summed E-state index contributed by atoms with van der Waals surface area (Å²) in [5, 5.41) is 10.2.